The molecule has 1 fully saturated rings. The second-order valence-electron chi connectivity index (χ2n) is 2.92. The molecular weight excluding hydrogens is 130 g/mol. The van der Waals surface area contributed by atoms with Crippen molar-refractivity contribution in [1.82, 2.24) is 5.32 Å². The fourth-order valence-electron chi connectivity index (χ4n) is 1.04. The lowest BCUT2D eigenvalue weighted by molar-refractivity contribution is 0.107. The maximum atomic E-state index is 10.6. The van der Waals surface area contributed by atoms with Crippen LogP contribution in [0.4, 0.5) is 4.79 Å². The lowest BCUT2D eigenvalue weighted by Gasteiger charge is -2.26. The number of rotatable bonds is 1. The molecule has 1 amide bonds. The van der Waals surface area contributed by atoms with Crippen LogP contribution in [0.25, 0.3) is 0 Å². The number of amides is 1. The van der Waals surface area contributed by atoms with Gasteiger partial charge in [-0.05, 0) is 5.92 Å². The lowest BCUT2D eigenvalue weighted by Crippen LogP contribution is -2.44. The third-order valence-corrected chi connectivity index (χ3v) is 1.77. The molecule has 1 aliphatic heterocycles. The summed E-state index contributed by atoms with van der Waals surface area (Å²) in [4.78, 5) is 10.6. The molecule has 0 bridgehead atoms. The minimum atomic E-state index is -0.273. The minimum absolute atomic E-state index is 0.273. The van der Waals surface area contributed by atoms with Gasteiger partial charge in [0.1, 0.15) is 0 Å². The number of hydrogen-bond donors (Lipinski definition) is 1. The molecule has 1 aliphatic rings. The number of alkyl carbamates (subject to hydrolysis) is 1. The van der Waals surface area contributed by atoms with E-state index in [0.29, 0.717) is 18.6 Å². The van der Waals surface area contributed by atoms with Crippen molar-refractivity contribution in [2.24, 2.45) is 5.92 Å². The second-order valence-corrected chi connectivity index (χ2v) is 2.92. The van der Waals surface area contributed by atoms with Gasteiger partial charge >= 0.3 is 6.09 Å². The first kappa shape index (κ1) is 7.38. The van der Waals surface area contributed by atoms with Crippen molar-refractivity contribution in [2.45, 2.75) is 26.3 Å². The van der Waals surface area contributed by atoms with E-state index in [1.807, 2.05) is 0 Å². The molecule has 0 radical (unpaired) electrons. The highest BCUT2D eigenvalue weighted by Gasteiger charge is 2.21. The monoisotopic (exact) mass is 143 g/mol. The zero-order valence-electron chi connectivity index (χ0n) is 6.39. The number of nitrogens with one attached hydrogen (secondary N) is 1. The van der Waals surface area contributed by atoms with Gasteiger partial charge in [0.05, 0.1) is 6.61 Å². The van der Waals surface area contributed by atoms with Crippen LogP contribution in [0.1, 0.15) is 20.3 Å². The highest BCUT2D eigenvalue weighted by molar-refractivity contribution is 5.68. The highest BCUT2D eigenvalue weighted by atomic mass is 16.5. The van der Waals surface area contributed by atoms with E-state index in [1.165, 1.54) is 0 Å². The van der Waals surface area contributed by atoms with Crippen LogP contribution in [0.2, 0.25) is 0 Å². The molecule has 0 spiro atoms. The summed E-state index contributed by atoms with van der Waals surface area (Å²) >= 11 is 0. The van der Waals surface area contributed by atoms with Gasteiger partial charge in [-0.25, -0.2) is 4.79 Å². The van der Waals surface area contributed by atoms with Gasteiger partial charge in [0.15, 0.2) is 0 Å². The van der Waals surface area contributed by atoms with Gasteiger partial charge in [-0.15, -0.1) is 0 Å². The predicted molar refractivity (Wildman–Crippen MR) is 37.7 cm³/mol. The number of hydrogen-bond acceptors (Lipinski definition) is 2. The summed E-state index contributed by atoms with van der Waals surface area (Å²) in [5, 5.41) is 2.75. The van der Waals surface area contributed by atoms with Crippen molar-refractivity contribution < 1.29 is 9.53 Å². The van der Waals surface area contributed by atoms with Gasteiger partial charge < -0.3 is 10.1 Å². The molecule has 1 atom stereocenters. The second kappa shape index (κ2) is 2.90. The SMILES string of the molecule is CC(C)[C@H]1CCOC(=O)N1. The Kier molecular flexibility index (Phi) is 2.14. The molecule has 0 aromatic heterocycles. The predicted octanol–water partition coefficient (Wildman–Crippen LogP) is 1.14. The van der Waals surface area contributed by atoms with Gasteiger partial charge in [0, 0.05) is 12.5 Å². The van der Waals surface area contributed by atoms with Gasteiger partial charge in [-0.2, -0.15) is 0 Å². The minimum Gasteiger partial charge on any atom is -0.449 e. The molecule has 1 heterocycles. The average molecular weight is 143 g/mol. The summed E-state index contributed by atoms with van der Waals surface area (Å²) in [5.74, 6) is 0.507. The van der Waals surface area contributed by atoms with Crippen LogP contribution in [0, 0.1) is 5.92 Å². The Hall–Kier alpha value is -0.730. The largest absolute Gasteiger partial charge is 0.449 e. The standard InChI is InChI=1S/C7H13NO2/c1-5(2)6-3-4-10-7(9)8-6/h5-6H,3-4H2,1-2H3,(H,8,9)/t6-/m1/s1. The number of cyclic esters (lactones) is 1. The molecule has 0 unspecified atom stereocenters. The van der Waals surface area contributed by atoms with E-state index in [9.17, 15) is 4.79 Å². The van der Waals surface area contributed by atoms with Gasteiger partial charge in [-0.3, -0.25) is 0 Å². The molecule has 3 heteroatoms. The molecule has 0 aromatic rings. The highest BCUT2D eigenvalue weighted by Crippen LogP contribution is 2.09. The van der Waals surface area contributed by atoms with Crippen LogP contribution >= 0.6 is 0 Å². The van der Waals surface area contributed by atoms with Crippen molar-refractivity contribution in [1.29, 1.82) is 0 Å². The van der Waals surface area contributed by atoms with E-state index in [-0.39, 0.29) is 6.09 Å². The zero-order chi connectivity index (χ0) is 7.56. The summed E-state index contributed by atoms with van der Waals surface area (Å²) in [6.07, 6.45) is 0.661. The van der Waals surface area contributed by atoms with Crippen molar-refractivity contribution in [3.05, 3.63) is 0 Å². The van der Waals surface area contributed by atoms with Crippen LogP contribution in [-0.2, 0) is 4.74 Å². The summed E-state index contributed by atoms with van der Waals surface area (Å²) in [5.41, 5.74) is 0. The third-order valence-electron chi connectivity index (χ3n) is 1.77. The molecule has 1 N–H and O–H groups in total. The van der Waals surface area contributed by atoms with Crippen LogP contribution < -0.4 is 5.32 Å². The Morgan fingerprint density at radius 3 is 2.80 bits per heavy atom. The molecule has 0 aliphatic carbocycles. The van der Waals surface area contributed by atoms with Crippen molar-refractivity contribution >= 4 is 6.09 Å². The summed E-state index contributed by atoms with van der Waals surface area (Å²) < 4.78 is 4.71. The normalized spacial score (nSPS) is 25.9. The molecule has 3 nitrogen and oxygen atoms in total. The molecule has 58 valence electrons. The number of carbonyl (C=O) groups is 1. The first-order chi connectivity index (χ1) is 4.70. The topological polar surface area (TPSA) is 38.3 Å². The summed E-state index contributed by atoms with van der Waals surface area (Å²) in [6.45, 7) is 4.75. The fourth-order valence-corrected chi connectivity index (χ4v) is 1.04. The Morgan fingerprint density at radius 1 is 1.70 bits per heavy atom. The maximum absolute atomic E-state index is 10.6. The van der Waals surface area contributed by atoms with Crippen LogP contribution in [0.15, 0.2) is 0 Å². The van der Waals surface area contributed by atoms with Crippen LogP contribution in [0.5, 0.6) is 0 Å². The smallest absolute Gasteiger partial charge is 0.407 e. The third kappa shape index (κ3) is 1.62. The Morgan fingerprint density at radius 2 is 2.40 bits per heavy atom. The Labute approximate surface area is 60.7 Å². The molecule has 10 heavy (non-hydrogen) atoms. The summed E-state index contributed by atoms with van der Waals surface area (Å²) in [6, 6.07) is 0.307. The van der Waals surface area contributed by atoms with Crippen molar-refractivity contribution in [3.8, 4) is 0 Å². The fraction of sp³-hybridized carbons (Fsp3) is 0.857. The zero-order valence-corrected chi connectivity index (χ0v) is 6.39. The molecule has 1 rings (SSSR count). The van der Waals surface area contributed by atoms with Crippen molar-refractivity contribution in [2.75, 3.05) is 6.61 Å². The van der Waals surface area contributed by atoms with E-state index in [4.69, 9.17) is 4.74 Å². The maximum Gasteiger partial charge on any atom is 0.407 e. The van der Waals surface area contributed by atoms with Gasteiger partial charge in [-0.1, -0.05) is 13.8 Å². The van der Waals surface area contributed by atoms with E-state index < -0.39 is 0 Å². The molecule has 0 saturated carbocycles. The van der Waals surface area contributed by atoms with Crippen LogP contribution in [-0.4, -0.2) is 18.7 Å². The molecule has 1 saturated heterocycles. The van der Waals surface area contributed by atoms with Crippen molar-refractivity contribution in [3.63, 3.8) is 0 Å². The Balaban J connectivity index is 2.39. The van der Waals surface area contributed by atoms with E-state index in [0.717, 1.165) is 6.42 Å². The van der Waals surface area contributed by atoms with E-state index in [2.05, 4.69) is 19.2 Å². The number of carbonyl (C=O) groups excluding carboxylic acids is 1. The first-order valence-electron chi connectivity index (χ1n) is 3.63. The van der Waals surface area contributed by atoms with Crippen LogP contribution in [0.3, 0.4) is 0 Å². The average Bonchev–Trinajstić information content (AvgIpc) is 1.88. The molecular formula is C7H13NO2. The quantitative estimate of drug-likeness (QED) is 0.597. The van der Waals surface area contributed by atoms with E-state index in [1.54, 1.807) is 0 Å². The Bertz CT molecular complexity index is 134. The first-order valence-corrected chi connectivity index (χ1v) is 3.63. The lowest BCUT2D eigenvalue weighted by atomic mass is 10.0. The summed E-state index contributed by atoms with van der Waals surface area (Å²) in [7, 11) is 0. The van der Waals surface area contributed by atoms with E-state index >= 15 is 0 Å². The molecule has 0 aromatic carbocycles. The van der Waals surface area contributed by atoms with Gasteiger partial charge in [0.25, 0.3) is 0 Å². The van der Waals surface area contributed by atoms with Gasteiger partial charge in [0.2, 0.25) is 0 Å². The number of ether oxygens (including phenoxy) is 1.